The van der Waals surface area contributed by atoms with Gasteiger partial charge in [-0.2, -0.15) is 11.8 Å². The predicted molar refractivity (Wildman–Crippen MR) is 60.8 cm³/mol. The molecule has 0 N–H and O–H groups in total. The maximum Gasteiger partial charge on any atom is 0.168 e. The SMILES string of the molecule is COCC(=O)CSC1CCCC(C)C1. The second kappa shape index (κ2) is 6.46. The Morgan fingerprint density at radius 2 is 2.29 bits per heavy atom. The highest BCUT2D eigenvalue weighted by Gasteiger charge is 2.19. The number of hydrogen-bond acceptors (Lipinski definition) is 3. The zero-order valence-corrected chi connectivity index (χ0v) is 9.94. The number of carbonyl (C=O) groups is 1. The van der Waals surface area contributed by atoms with E-state index in [9.17, 15) is 4.79 Å². The molecule has 1 saturated carbocycles. The molecule has 1 aliphatic rings. The van der Waals surface area contributed by atoms with Gasteiger partial charge in [0.15, 0.2) is 5.78 Å². The van der Waals surface area contributed by atoms with Crippen molar-refractivity contribution >= 4 is 17.5 Å². The first-order chi connectivity index (χ1) is 6.72. The van der Waals surface area contributed by atoms with E-state index in [0.717, 1.165) is 5.92 Å². The number of hydrogen-bond donors (Lipinski definition) is 0. The van der Waals surface area contributed by atoms with Crippen LogP contribution in [0.2, 0.25) is 0 Å². The summed E-state index contributed by atoms with van der Waals surface area (Å²) >= 11 is 1.82. The molecule has 2 nitrogen and oxygen atoms in total. The molecule has 0 heterocycles. The van der Waals surface area contributed by atoms with Crippen LogP contribution >= 0.6 is 11.8 Å². The van der Waals surface area contributed by atoms with Gasteiger partial charge in [0, 0.05) is 12.4 Å². The number of Topliss-reactive ketones (excluding diaryl/α,β-unsaturated/α-hetero) is 1. The molecule has 0 aliphatic heterocycles. The number of rotatable bonds is 5. The molecule has 1 rings (SSSR count). The third kappa shape index (κ3) is 4.47. The number of thioether (sulfide) groups is 1. The standard InChI is InChI=1S/C11H20O2S/c1-9-4-3-5-11(6-9)14-8-10(12)7-13-2/h9,11H,3-8H2,1-2H3. The highest BCUT2D eigenvalue weighted by atomic mass is 32.2. The van der Waals surface area contributed by atoms with E-state index in [0.29, 0.717) is 11.0 Å². The molecule has 82 valence electrons. The second-order valence-corrected chi connectivity index (χ2v) is 5.47. The van der Waals surface area contributed by atoms with Crippen molar-refractivity contribution in [2.75, 3.05) is 19.5 Å². The fourth-order valence-corrected chi connectivity index (χ4v) is 3.25. The molecule has 0 radical (unpaired) electrons. The van der Waals surface area contributed by atoms with Crippen LogP contribution in [0.3, 0.4) is 0 Å². The van der Waals surface area contributed by atoms with Crippen LogP contribution in [-0.4, -0.2) is 30.5 Å². The Morgan fingerprint density at radius 1 is 1.50 bits per heavy atom. The number of ether oxygens (including phenoxy) is 1. The molecule has 0 amide bonds. The van der Waals surface area contributed by atoms with Crippen LogP contribution in [0.15, 0.2) is 0 Å². The molecule has 14 heavy (non-hydrogen) atoms. The van der Waals surface area contributed by atoms with Crippen LogP contribution in [0.5, 0.6) is 0 Å². The van der Waals surface area contributed by atoms with Crippen LogP contribution in [0.1, 0.15) is 32.6 Å². The lowest BCUT2D eigenvalue weighted by Gasteiger charge is -2.25. The monoisotopic (exact) mass is 216 g/mol. The van der Waals surface area contributed by atoms with Crippen molar-refractivity contribution < 1.29 is 9.53 Å². The minimum absolute atomic E-state index is 0.218. The minimum atomic E-state index is 0.218. The molecular formula is C11H20O2S. The van der Waals surface area contributed by atoms with Gasteiger partial charge in [-0.15, -0.1) is 0 Å². The fourth-order valence-electron chi connectivity index (χ4n) is 1.94. The topological polar surface area (TPSA) is 26.3 Å². The summed E-state index contributed by atoms with van der Waals surface area (Å²) in [4.78, 5) is 11.2. The molecule has 0 bridgehead atoms. The number of ketones is 1. The van der Waals surface area contributed by atoms with Crippen molar-refractivity contribution in [2.24, 2.45) is 5.92 Å². The van der Waals surface area contributed by atoms with E-state index in [2.05, 4.69) is 6.92 Å². The van der Waals surface area contributed by atoms with Crippen molar-refractivity contribution in [1.29, 1.82) is 0 Å². The maximum atomic E-state index is 11.2. The van der Waals surface area contributed by atoms with E-state index in [1.54, 1.807) is 7.11 Å². The molecule has 0 aromatic heterocycles. The van der Waals surface area contributed by atoms with Gasteiger partial charge in [0.05, 0.1) is 5.75 Å². The predicted octanol–water partition coefficient (Wildman–Crippen LogP) is 2.51. The average molecular weight is 216 g/mol. The minimum Gasteiger partial charge on any atom is -0.377 e. The Labute approximate surface area is 90.8 Å². The third-order valence-corrected chi connectivity index (χ3v) is 4.06. The van der Waals surface area contributed by atoms with E-state index in [1.165, 1.54) is 25.7 Å². The first kappa shape index (κ1) is 12.1. The summed E-state index contributed by atoms with van der Waals surface area (Å²) in [6.07, 6.45) is 5.26. The Kier molecular flexibility index (Phi) is 5.56. The molecule has 2 unspecified atom stereocenters. The largest absolute Gasteiger partial charge is 0.377 e. The van der Waals surface area contributed by atoms with Gasteiger partial charge in [-0.3, -0.25) is 4.79 Å². The molecule has 0 spiro atoms. The summed E-state index contributed by atoms with van der Waals surface area (Å²) in [5.74, 6) is 1.69. The highest BCUT2D eigenvalue weighted by Crippen LogP contribution is 2.31. The van der Waals surface area contributed by atoms with Crippen LogP contribution in [0.4, 0.5) is 0 Å². The van der Waals surface area contributed by atoms with Gasteiger partial charge in [-0.05, 0) is 18.8 Å². The second-order valence-electron chi connectivity index (χ2n) is 4.18. The summed E-state index contributed by atoms with van der Waals surface area (Å²) in [6.45, 7) is 2.58. The Bertz CT molecular complexity index is 182. The van der Waals surface area contributed by atoms with Crippen molar-refractivity contribution in [3.8, 4) is 0 Å². The fraction of sp³-hybridized carbons (Fsp3) is 0.909. The smallest absolute Gasteiger partial charge is 0.168 e. The van der Waals surface area contributed by atoms with E-state index in [4.69, 9.17) is 4.74 Å². The lowest BCUT2D eigenvalue weighted by Crippen LogP contribution is -2.18. The zero-order valence-electron chi connectivity index (χ0n) is 9.12. The van der Waals surface area contributed by atoms with Crippen molar-refractivity contribution in [1.82, 2.24) is 0 Å². The highest BCUT2D eigenvalue weighted by molar-refractivity contribution is 8.00. The van der Waals surface area contributed by atoms with E-state index in [1.807, 2.05) is 11.8 Å². The van der Waals surface area contributed by atoms with Crippen LogP contribution in [-0.2, 0) is 9.53 Å². The van der Waals surface area contributed by atoms with Gasteiger partial charge in [0.1, 0.15) is 6.61 Å². The van der Waals surface area contributed by atoms with Crippen LogP contribution in [0, 0.1) is 5.92 Å². The number of carbonyl (C=O) groups excluding carboxylic acids is 1. The van der Waals surface area contributed by atoms with Gasteiger partial charge in [-0.25, -0.2) is 0 Å². The normalized spacial score (nSPS) is 27.6. The number of methoxy groups -OCH3 is 1. The van der Waals surface area contributed by atoms with Gasteiger partial charge >= 0.3 is 0 Å². The lowest BCUT2D eigenvalue weighted by molar-refractivity contribution is -0.120. The van der Waals surface area contributed by atoms with Crippen LogP contribution in [0.25, 0.3) is 0 Å². The summed E-state index contributed by atoms with van der Waals surface area (Å²) in [6, 6.07) is 0. The van der Waals surface area contributed by atoms with Gasteiger partial charge in [0.2, 0.25) is 0 Å². The summed E-state index contributed by atoms with van der Waals surface area (Å²) < 4.78 is 4.80. The van der Waals surface area contributed by atoms with Crippen LogP contribution < -0.4 is 0 Å². The molecule has 3 heteroatoms. The first-order valence-electron chi connectivity index (χ1n) is 5.34. The zero-order chi connectivity index (χ0) is 10.4. The summed E-state index contributed by atoms with van der Waals surface area (Å²) in [5, 5.41) is 0.708. The van der Waals surface area contributed by atoms with Crippen molar-refractivity contribution in [3.63, 3.8) is 0 Å². The van der Waals surface area contributed by atoms with Crippen molar-refractivity contribution in [2.45, 2.75) is 37.9 Å². The summed E-state index contributed by atoms with van der Waals surface area (Å²) in [5.41, 5.74) is 0. The third-order valence-electron chi connectivity index (χ3n) is 2.67. The molecule has 0 aromatic carbocycles. The van der Waals surface area contributed by atoms with E-state index in [-0.39, 0.29) is 12.4 Å². The molecule has 0 saturated heterocycles. The average Bonchev–Trinajstić information content (AvgIpc) is 2.15. The van der Waals surface area contributed by atoms with E-state index < -0.39 is 0 Å². The van der Waals surface area contributed by atoms with Crippen molar-refractivity contribution in [3.05, 3.63) is 0 Å². The lowest BCUT2D eigenvalue weighted by atomic mass is 9.91. The molecular weight excluding hydrogens is 196 g/mol. The maximum absolute atomic E-state index is 11.2. The molecule has 0 aromatic rings. The first-order valence-corrected chi connectivity index (χ1v) is 6.39. The van der Waals surface area contributed by atoms with Gasteiger partial charge in [-0.1, -0.05) is 19.8 Å². The molecule has 2 atom stereocenters. The molecule has 1 fully saturated rings. The Morgan fingerprint density at radius 3 is 2.93 bits per heavy atom. The van der Waals surface area contributed by atoms with E-state index >= 15 is 0 Å². The molecule has 1 aliphatic carbocycles. The Balaban J connectivity index is 2.14. The quantitative estimate of drug-likeness (QED) is 0.706. The van der Waals surface area contributed by atoms with Gasteiger partial charge in [0.25, 0.3) is 0 Å². The Hall–Kier alpha value is -0.0200. The summed E-state index contributed by atoms with van der Waals surface area (Å²) in [7, 11) is 1.57. The van der Waals surface area contributed by atoms with Gasteiger partial charge < -0.3 is 4.74 Å².